The molecule has 2 heterocycles. The molecule has 176 valence electrons. The molecule has 2 rings (SSSR count). The van der Waals surface area contributed by atoms with Crippen LogP contribution in [0.15, 0.2) is 17.1 Å². The highest BCUT2D eigenvalue weighted by Gasteiger charge is 2.37. The highest BCUT2D eigenvalue weighted by atomic mass is 31.2. The van der Waals surface area contributed by atoms with Crippen LogP contribution in [0.25, 0.3) is 0 Å². The summed E-state index contributed by atoms with van der Waals surface area (Å²) in [6.07, 6.45) is -1.19. The van der Waals surface area contributed by atoms with Crippen molar-refractivity contribution in [1.29, 1.82) is 0 Å². The number of nitrogens with two attached hydrogens (primary N) is 1. The van der Waals surface area contributed by atoms with Gasteiger partial charge in [0.05, 0.1) is 19.3 Å². The molecule has 0 amide bonds. The van der Waals surface area contributed by atoms with Crippen LogP contribution in [-0.2, 0) is 27.9 Å². The van der Waals surface area contributed by atoms with E-state index in [-0.39, 0.29) is 25.3 Å². The molecule has 13 nitrogen and oxygen atoms in total. The second-order valence-corrected chi connectivity index (χ2v) is 8.43. The number of aliphatic hydroxyl groups excluding tert-OH is 2. The summed E-state index contributed by atoms with van der Waals surface area (Å²) in [6.45, 7) is 0.404. The molecule has 31 heavy (non-hydrogen) atoms. The molecule has 0 aromatic carbocycles. The Labute approximate surface area is 178 Å². The maximum absolute atomic E-state index is 12.0. The first-order valence-electron chi connectivity index (χ1n) is 9.75. The Morgan fingerprint density at radius 1 is 1.45 bits per heavy atom. The first-order chi connectivity index (χ1) is 14.6. The Morgan fingerprint density at radius 2 is 2.19 bits per heavy atom. The third kappa shape index (κ3) is 8.30. The van der Waals surface area contributed by atoms with Crippen molar-refractivity contribution in [3.8, 4) is 0 Å². The van der Waals surface area contributed by atoms with Crippen molar-refractivity contribution < 1.29 is 43.0 Å². The van der Waals surface area contributed by atoms with Gasteiger partial charge in [-0.05, 0) is 12.5 Å². The Bertz CT molecular complexity index is 835. The van der Waals surface area contributed by atoms with Crippen LogP contribution in [0.1, 0.15) is 38.8 Å². The number of aliphatic hydroxyl groups is 2. The number of nitrogen functional groups attached to an aromatic ring is 1. The summed E-state index contributed by atoms with van der Waals surface area (Å²) in [7, 11) is -4.59. The number of phosphoric ester groups is 1. The van der Waals surface area contributed by atoms with Gasteiger partial charge in [0.1, 0.15) is 30.9 Å². The normalized spacial score (nSPS) is 23.9. The molecular formula is C17H28N3O10P. The van der Waals surface area contributed by atoms with Crippen LogP contribution in [0.5, 0.6) is 0 Å². The van der Waals surface area contributed by atoms with Gasteiger partial charge < -0.3 is 30.3 Å². The molecule has 1 unspecified atom stereocenters. The molecule has 1 aromatic heterocycles. The van der Waals surface area contributed by atoms with Crippen LogP contribution in [0.4, 0.5) is 5.82 Å². The molecule has 0 bridgehead atoms. The minimum atomic E-state index is -4.59. The highest BCUT2D eigenvalue weighted by Crippen LogP contribution is 2.44. The van der Waals surface area contributed by atoms with E-state index in [9.17, 15) is 29.3 Å². The topological polar surface area (TPSA) is 193 Å². The minimum absolute atomic E-state index is 0.0260. The molecule has 5 atom stereocenters. The highest BCUT2D eigenvalue weighted by molar-refractivity contribution is 7.47. The molecule has 1 saturated heterocycles. The number of carbonyl (C=O) groups excluding carboxylic acids is 1. The predicted molar refractivity (Wildman–Crippen MR) is 106 cm³/mol. The van der Waals surface area contributed by atoms with Crippen molar-refractivity contribution in [3.63, 3.8) is 0 Å². The number of carbonyl (C=O) groups is 1. The lowest BCUT2D eigenvalue weighted by Crippen LogP contribution is -2.28. The lowest BCUT2D eigenvalue weighted by atomic mass is 10.2. The number of nitrogens with zero attached hydrogens (tertiary/aromatic N) is 2. The number of hydrogen-bond donors (Lipinski definition) is 4. The molecule has 0 spiro atoms. The maximum atomic E-state index is 12.0. The van der Waals surface area contributed by atoms with Gasteiger partial charge in [-0.2, -0.15) is 4.98 Å². The average molecular weight is 465 g/mol. The summed E-state index contributed by atoms with van der Waals surface area (Å²) in [5.74, 6) is -0.447. The zero-order chi connectivity index (χ0) is 23.0. The van der Waals surface area contributed by atoms with E-state index in [2.05, 4.69) is 9.51 Å². The van der Waals surface area contributed by atoms with Crippen molar-refractivity contribution in [2.45, 2.75) is 57.1 Å². The van der Waals surface area contributed by atoms with E-state index >= 15 is 0 Å². The number of anilines is 1. The zero-order valence-corrected chi connectivity index (χ0v) is 17.9. The Balaban J connectivity index is 1.76. The first kappa shape index (κ1) is 25.4. The quantitative estimate of drug-likeness (QED) is 0.233. The van der Waals surface area contributed by atoms with Crippen molar-refractivity contribution in [2.24, 2.45) is 0 Å². The fourth-order valence-electron chi connectivity index (χ4n) is 2.70. The molecule has 1 aliphatic rings. The van der Waals surface area contributed by atoms with E-state index in [1.54, 1.807) is 0 Å². The van der Waals surface area contributed by atoms with Gasteiger partial charge in [-0.1, -0.05) is 13.3 Å². The van der Waals surface area contributed by atoms with E-state index in [4.69, 9.17) is 19.7 Å². The number of hydrogen-bond acceptors (Lipinski definition) is 11. The molecule has 5 N–H and O–H groups in total. The van der Waals surface area contributed by atoms with Gasteiger partial charge in [-0.25, -0.2) is 9.36 Å². The smallest absolute Gasteiger partial charge is 0.463 e. The summed E-state index contributed by atoms with van der Waals surface area (Å²) in [6, 6.07) is 1.39. The Hall–Kier alpha value is -1.86. The molecular weight excluding hydrogens is 437 g/mol. The number of ether oxygens (including phenoxy) is 2. The molecule has 14 heteroatoms. The van der Waals surface area contributed by atoms with Gasteiger partial charge in [0.2, 0.25) is 0 Å². The second-order valence-electron chi connectivity index (χ2n) is 6.97. The van der Waals surface area contributed by atoms with Crippen LogP contribution in [-0.4, -0.2) is 68.8 Å². The fourth-order valence-corrected chi connectivity index (χ4v) is 3.47. The largest absolute Gasteiger partial charge is 0.472 e. The molecule has 0 radical (unpaired) electrons. The van der Waals surface area contributed by atoms with Crippen LogP contribution in [0.3, 0.4) is 0 Å². The van der Waals surface area contributed by atoms with Gasteiger partial charge in [0, 0.05) is 19.0 Å². The number of esters is 1. The lowest BCUT2D eigenvalue weighted by Gasteiger charge is -2.19. The van der Waals surface area contributed by atoms with E-state index in [0.29, 0.717) is 6.42 Å². The molecule has 0 aliphatic carbocycles. The van der Waals surface area contributed by atoms with Gasteiger partial charge in [0.15, 0.2) is 0 Å². The standard InChI is InChI=1S/C17H28N3O10P/c1-2-3-4-16(23)27-8-11(21)9-28-31(25,26)29-10-13-12(22)7-15(30-13)20-6-5-14(18)19-17(20)24/h5-6,11-13,15,21-22H,2-4,7-10H2,1H3,(H,25,26)(H2,18,19,24)/t11-,12+,13-,15-/m1/s1. The number of unbranched alkanes of at least 4 members (excludes halogenated alkanes) is 1. The van der Waals surface area contributed by atoms with Crippen LogP contribution < -0.4 is 11.4 Å². The number of rotatable bonds is 12. The average Bonchev–Trinajstić information content (AvgIpc) is 3.08. The van der Waals surface area contributed by atoms with E-state index < -0.39 is 57.2 Å². The van der Waals surface area contributed by atoms with Crippen molar-refractivity contribution in [3.05, 3.63) is 22.7 Å². The Morgan fingerprint density at radius 3 is 2.87 bits per heavy atom. The molecule has 1 aliphatic heterocycles. The molecule has 1 fully saturated rings. The Kier molecular flexibility index (Phi) is 9.56. The second kappa shape index (κ2) is 11.7. The van der Waals surface area contributed by atoms with Crippen LogP contribution >= 0.6 is 7.82 Å². The summed E-state index contributed by atoms with van der Waals surface area (Å²) in [5.41, 5.74) is 4.76. The van der Waals surface area contributed by atoms with Gasteiger partial charge >= 0.3 is 19.5 Å². The van der Waals surface area contributed by atoms with Crippen molar-refractivity contribution >= 4 is 19.6 Å². The zero-order valence-electron chi connectivity index (χ0n) is 17.0. The summed E-state index contributed by atoms with van der Waals surface area (Å²) < 4.78 is 32.9. The van der Waals surface area contributed by atoms with Crippen LogP contribution in [0.2, 0.25) is 0 Å². The maximum Gasteiger partial charge on any atom is 0.472 e. The van der Waals surface area contributed by atoms with Gasteiger partial charge in [-0.3, -0.25) is 18.4 Å². The lowest BCUT2D eigenvalue weighted by molar-refractivity contribution is -0.147. The summed E-state index contributed by atoms with van der Waals surface area (Å²) >= 11 is 0. The summed E-state index contributed by atoms with van der Waals surface area (Å²) in [4.78, 5) is 36.6. The van der Waals surface area contributed by atoms with Crippen LogP contribution in [0, 0.1) is 0 Å². The van der Waals surface area contributed by atoms with Gasteiger partial charge in [0.25, 0.3) is 0 Å². The SMILES string of the molecule is CCCCC(=O)OC[C@@H](O)COP(=O)(O)OC[C@H]1O[C@@H](n2ccc(N)nc2=O)C[C@@H]1O. The fraction of sp³-hybridized carbons (Fsp3) is 0.706. The third-order valence-corrected chi connectivity index (χ3v) is 5.32. The van der Waals surface area contributed by atoms with Crippen molar-refractivity contribution in [2.75, 3.05) is 25.6 Å². The summed E-state index contributed by atoms with van der Waals surface area (Å²) in [5, 5.41) is 19.8. The third-order valence-electron chi connectivity index (χ3n) is 4.37. The monoisotopic (exact) mass is 465 g/mol. The van der Waals surface area contributed by atoms with E-state index in [1.807, 2.05) is 6.92 Å². The number of aromatic nitrogens is 2. The predicted octanol–water partition coefficient (Wildman–Crippen LogP) is -0.298. The van der Waals surface area contributed by atoms with Crippen molar-refractivity contribution in [1.82, 2.24) is 9.55 Å². The van der Waals surface area contributed by atoms with E-state index in [0.717, 1.165) is 11.0 Å². The molecule has 0 saturated carbocycles. The van der Waals surface area contributed by atoms with Gasteiger partial charge in [-0.15, -0.1) is 0 Å². The minimum Gasteiger partial charge on any atom is -0.463 e. The first-order valence-corrected chi connectivity index (χ1v) is 11.2. The number of phosphoric acid groups is 1. The van der Waals surface area contributed by atoms with E-state index in [1.165, 1.54) is 12.3 Å². The molecule has 1 aromatic rings.